The van der Waals surface area contributed by atoms with E-state index in [-0.39, 0.29) is 22.4 Å². The summed E-state index contributed by atoms with van der Waals surface area (Å²) in [6.07, 6.45) is 5.06. The molecule has 6 nitrogen and oxygen atoms in total. The fraction of sp³-hybridized carbons (Fsp3) is 0.480. The predicted molar refractivity (Wildman–Crippen MR) is 124 cm³/mol. The molecule has 1 aliphatic heterocycles. The van der Waals surface area contributed by atoms with Crippen molar-refractivity contribution in [3.8, 4) is 5.75 Å². The third-order valence-corrected chi connectivity index (χ3v) is 8.66. The maximum Gasteiger partial charge on any atom is 0.255 e. The number of benzene rings is 2. The number of fused-ring (bicyclic) bond motifs is 1. The first-order valence-electron chi connectivity index (χ1n) is 11.4. The lowest BCUT2D eigenvalue weighted by Crippen LogP contribution is -2.38. The maximum atomic E-state index is 13.2. The van der Waals surface area contributed by atoms with E-state index in [2.05, 4.69) is 30.4 Å². The smallest absolute Gasteiger partial charge is 0.255 e. The number of carbonyl (C=O) groups excluding carboxylic acids is 1. The van der Waals surface area contributed by atoms with Crippen molar-refractivity contribution >= 4 is 15.9 Å². The fourth-order valence-corrected chi connectivity index (χ4v) is 6.11. The Kier molecular flexibility index (Phi) is 6.58. The fourth-order valence-electron chi connectivity index (χ4n) is 4.62. The summed E-state index contributed by atoms with van der Waals surface area (Å²) in [5.41, 5.74) is 4.01. The van der Waals surface area contributed by atoms with Gasteiger partial charge in [0.15, 0.2) is 0 Å². The Hall–Kier alpha value is -2.38. The summed E-state index contributed by atoms with van der Waals surface area (Å²) >= 11 is 0. The standard InChI is InChI=1S/C25H32N2O4S/c1-17-11-13-27(14-12-17)32(29,30)22-9-10-24(31-3)23(16-22)25(28)26-18(2)20-8-7-19-5-4-6-21(19)15-20/h7-10,15-18H,4-6,11-14H2,1-3H3,(H,26,28)/t18-/m0/s1. The molecule has 2 aromatic rings. The summed E-state index contributed by atoms with van der Waals surface area (Å²) in [5, 5.41) is 3.02. The largest absolute Gasteiger partial charge is 0.496 e. The van der Waals surface area contributed by atoms with Crippen LogP contribution in [0.1, 0.15) is 66.2 Å². The van der Waals surface area contributed by atoms with E-state index in [0.29, 0.717) is 24.8 Å². The molecular formula is C25H32N2O4S. The first-order chi connectivity index (χ1) is 15.3. The van der Waals surface area contributed by atoms with Crippen LogP contribution in [0, 0.1) is 5.92 Å². The van der Waals surface area contributed by atoms with E-state index in [1.165, 1.54) is 41.1 Å². The molecule has 0 bridgehead atoms. The van der Waals surface area contributed by atoms with Gasteiger partial charge in [-0.05, 0) is 79.8 Å². The molecule has 32 heavy (non-hydrogen) atoms. The number of aryl methyl sites for hydroxylation is 2. The molecule has 7 heteroatoms. The van der Waals surface area contributed by atoms with Crippen LogP contribution in [0.15, 0.2) is 41.3 Å². The van der Waals surface area contributed by atoms with Gasteiger partial charge < -0.3 is 10.1 Å². The molecule has 1 amide bonds. The highest BCUT2D eigenvalue weighted by atomic mass is 32.2. The second-order valence-electron chi connectivity index (χ2n) is 9.03. The molecule has 0 aromatic heterocycles. The van der Waals surface area contributed by atoms with Crippen molar-refractivity contribution in [3.05, 3.63) is 58.7 Å². The van der Waals surface area contributed by atoms with Gasteiger partial charge in [-0.25, -0.2) is 8.42 Å². The molecular weight excluding hydrogens is 424 g/mol. The minimum Gasteiger partial charge on any atom is -0.496 e. The predicted octanol–water partition coefficient (Wildman–Crippen LogP) is 4.10. The van der Waals surface area contributed by atoms with Crippen LogP contribution < -0.4 is 10.1 Å². The van der Waals surface area contributed by atoms with E-state index >= 15 is 0 Å². The third-order valence-electron chi connectivity index (χ3n) is 6.77. The monoisotopic (exact) mass is 456 g/mol. The molecule has 1 saturated heterocycles. The van der Waals surface area contributed by atoms with Crippen LogP contribution in [-0.2, 0) is 22.9 Å². The Balaban J connectivity index is 1.56. The summed E-state index contributed by atoms with van der Waals surface area (Å²) in [7, 11) is -2.17. The van der Waals surface area contributed by atoms with Gasteiger partial charge in [0.1, 0.15) is 5.75 Å². The van der Waals surface area contributed by atoms with E-state index in [4.69, 9.17) is 4.74 Å². The highest BCUT2D eigenvalue weighted by molar-refractivity contribution is 7.89. The first kappa shape index (κ1) is 22.8. The zero-order valence-electron chi connectivity index (χ0n) is 19.1. The number of nitrogens with one attached hydrogen (secondary N) is 1. The van der Waals surface area contributed by atoms with Crippen LogP contribution in [0.25, 0.3) is 0 Å². The Bertz CT molecular complexity index is 1100. The number of ether oxygens (including phenoxy) is 1. The Morgan fingerprint density at radius 1 is 1.09 bits per heavy atom. The number of rotatable bonds is 6. The van der Waals surface area contributed by atoms with Crippen molar-refractivity contribution < 1.29 is 17.9 Å². The van der Waals surface area contributed by atoms with Gasteiger partial charge in [0.2, 0.25) is 10.0 Å². The van der Waals surface area contributed by atoms with Crippen molar-refractivity contribution in [1.82, 2.24) is 9.62 Å². The zero-order chi connectivity index (χ0) is 22.9. The van der Waals surface area contributed by atoms with Gasteiger partial charge in [-0.2, -0.15) is 4.31 Å². The van der Waals surface area contributed by atoms with E-state index in [9.17, 15) is 13.2 Å². The number of amides is 1. The van der Waals surface area contributed by atoms with Crippen LogP contribution in [-0.4, -0.2) is 38.8 Å². The van der Waals surface area contributed by atoms with Crippen molar-refractivity contribution in [3.63, 3.8) is 0 Å². The van der Waals surface area contributed by atoms with Crippen molar-refractivity contribution in [1.29, 1.82) is 0 Å². The van der Waals surface area contributed by atoms with Crippen LogP contribution in [0.3, 0.4) is 0 Å². The lowest BCUT2D eigenvalue weighted by Gasteiger charge is -2.29. The van der Waals surface area contributed by atoms with Crippen molar-refractivity contribution in [2.75, 3.05) is 20.2 Å². The van der Waals surface area contributed by atoms with Crippen LogP contribution >= 0.6 is 0 Å². The number of hydrogen-bond donors (Lipinski definition) is 1. The first-order valence-corrected chi connectivity index (χ1v) is 12.8. The highest BCUT2D eigenvalue weighted by Crippen LogP contribution is 2.29. The minimum absolute atomic E-state index is 0.128. The molecule has 1 heterocycles. The van der Waals surface area contributed by atoms with Crippen LogP contribution in [0.2, 0.25) is 0 Å². The van der Waals surface area contributed by atoms with E-state index < -0.39 is 10.0 Å². The van der Waals surface area contributed by atoms with Gasteiger partial charge >= 0.3 is 0 Å². The number of methoxy groups -OCH3 is 1. The van der Waals surface area contributed by atoms with Gasteiger partial charge in [-0.15, -0.1) is 0 Å². The normalized spacial score (nSPS) is 18.2. The third kappa shape index (κ3) is 4.55. The van der Waals surface area contributed by atoms with Gasteiger partial charge in [0.25, 0.3) is 5.91 Å². The van der Waals surface area contributed by atoms with Crippen molar-refractivity contribution in [2.45, 2.75) is 56.9 Å². The molecule has 0 saturated carbocycles. The summed E-state index contributed by atoms with van der Waals surface area (Å²) < 4.78 is 33.2. The number of sulfonamides is 1. The molecule has 1 N–H and O–H groups in total. The molecule has 1 aliphatic carbocycles. The molecule has 1 atom stereocenters. The Labute approximate surface area is 191 Å². The second-order valence-corrected chi connectivity index (χ2v) is 11.0. The lowest BCUT2D eigenvalue weighted by molar-refractivity contribution is 0.0936. The summed E-state index contributed by atoms with van der Waals surface area (Å²) in [6.45, 7) is 5.09. The molecule has 4 rings (SSSR count). The van der Waals surface area contributed by atoms with Crippen LogP contribution in [0.5, 0.6) is 5.75 Å². The molecule has 2 aliphatic rings. The number of nitrogens with zero attached hydrogens (tertiary/aromatic N) is 1. The van der Waals surface area contributed by atoms with Crippen molar-refractivity contribution in [2.24, 2.45) is 5.92 Å². The summed E-state index contributed by atoms with van der Waals surface area (Å²) in [4.78, 5) is 13.3. The van der Waals surface area contributed by atoms with E-state index in [1.807, 2.05) is 6.92 Å². The van der Waals surface area contributed by atoms with Gasteiger partial charge in [0.05, 0.1) is 23.6 Å². The second kappa shape index (κ2) is 9.24. The van der Waals surface area contributed by atoms with E-state index in [0.717, 1.165) is 31.2 Å². The molecule has 0 radical (unpaired) electrons. The minimum atomic E-state index is -3.66. The Morgan fingerprint density at radius 3 is 2.53 bits per heavy atom. The molecule has 1 fully saturated rings. The quantitative estimate of drug-likeness (QED) is 0.710. The summed E-state index contributed by atoms with van der Waals surface area (Å²) in [6, 6.07) is 10.7. The van der Waals surface area contributed by atoms with Crippen LogP contribution in [0.4, 0.5) is 0 Å². The van der Waals surface area contributed by atoms with Gasteiger partial charge in [-0.1, -0.05) is 25.1 Å². The highest BCUT2D eigenvalue weighted by Gasteiger charge is 2.29. The molecule has 172 valence electrons. The lowest BCUT2D eigenvalue weighted by atomic mass is 10.0. The zero-order valence-corrected chi connectivity index (χ0v) is 19.9. The molecule has 2 aromatic carbocycles. The Morgan fingerprint density at radius 2 is 1.81 bits per heavy atom. The average molecular weight is 457 g/mol. The van der Waals surface area contributed by atoms with Gasteiger partial charge in [-0.3, -0.25) is 4.79 Å². The average Bonchev–Trinajstić information content (AvgIpc) is 3.26. The molecule has 0 spiro atoms. The number of piperidine rings is 1. The summed E-state index contributed by atoms with van der Waals surface area (Å²) in [5.74, 6) is 0.536. The maximum absolute atomic E-state index is 13.2. The van der Waals surface area contributed by atoms with Gasteiger partial charge in [0, 0.05) is 13.1 Å². The number of hydrogen-bond acceptors (Lipinski definition) is 4. The number of carbonyl (C=O) groups is 1. The topological polar surface area (TPSA) is 75.7 Å². The SMILES string of the molecule is COc1ccc(S(=O)(=O)N2CCC(C)CC2)cc1C(=O)N[C@@H](C)c1ccc2c(c1)CCC2. The van der Waals surface area contributed by atoms with E-state index in [1.54, 1.807) is 6.07 Å². The molecule has 0 unspecified atom stereocenters.